The van der Waals surface area contributed by atoms with E-state index in [4.69, 9.17) is 4.74 Å². The molecule has 2 unspecified atom stereocenters. The summed E-state index contributed by atoms with van der Waals surface area (Å²) in [5.74, 6) is -0.919. The molecule has 0 heterocycles. The number of carbonyl (C=O) groups is 3. The van der Waals surface area contributed by atoms with Crippen molar-refractivity contribution in [2.45, 2.75) is 71.7 Å². The van der Waals surface area contributed by atoms with Crippen LogP contribution in [0.2, 0.25) is 0 Å². The summed E-state index contributed by atoms with van der Waals surface area (Å²) in [5, 5.41) is 15.0. The van der Waals surface area contributed by atoms with E-state index < -0.39 is 29.7 Å². The zero-order chi connectivity index (χ0) is 24.5. The number of ether oxygens (including phenoxy) is 1. The van der Waals surface area contributed by atoms with Gasteiger partial charge in [0.25, 0.3) is 0 Å². The van der Waals surface area contributed by atoms with E-state index in [2.05, 4.69) is 23.3 Å². The summed E-state index contributed by atoms with van der Waals surface area (Å²) in [5.41, 5.74) is 0.966. The van der Waals surface area contributed by atoms with Crippen LogP contribution in [0.15, 0.2) is 24.3 Å². The molecule has 0 spiro atoms. The SMILES string of the molecule is CCc1ccc(C(C(=O)NC(C)C)N(CCO)C(=O)C(CS)NC(=O)OC(C)(C)C)cc1. The highest BCUT2D eigenvalue weighted by Crippen LogP contribution is 2.23. The second kappa shape index (κ2) is 12.7. The normalized spacial score (nSPS) is 13.3. The molecular weight excluding hydrogens is 430 g/mol. The van der Waals surface area contributed by atoms with Crippen molar-refractivity contribution < 1.29 is 24.2 Å². The van der Waals surface area contributed by atoms with Crippen molar-refractivity contribution in [3.8, 4) is 0 Å². The molecule has 0 aliphatic carbocycles. The molecule has 0 bridgehead atoms. The number of thiol groups is 1. The number of hydrogen-bond donors (Lipinski definition) is 4. The number of carbonyl (C=O) groups excluding carboxylic acids is 3. The lowest BCUT2D eigenvalue weighted by atomic mass is 10.0. The molecule has 0 radical (unpaired) electrons. The standard InChI is InChI=1S/C23H37N3O5S/c1-7-16-8-10-17(11-9-16)19(20(28)24-15(2)3)26(12-13-27)21(29)18(14-32)25-22(30)31-23(4,5)6/h8-11,15,18-19,27,32H,7,12-14H2,1-6H3,(H,24,28)(H,25,30). The number of alkyl carbamates (subject to hydrolysis) is 1. The number of aliphatic hydroxyl groups excluding tert-OH is 1. The molecular formula is C23H37N3O5S. The lowest BCUT2D eigenvalue weighted by Gasteiger charge is -2.34. The summed E-state index contributed by atoms with van der Waals surface area (Å²) in [6.45, 7) is 10.4. The van der Waals surface area contributed by atoms with Gasteiger partial charge in [0, 0.05) is 18.3 Å². The first-order chi connectivity index (χ1) is 14.9. The molecule has 2 atom stereocenters. The Kier molecular flexibility index (Phi) is 11.0. The predicted octanol–water partition coefficient (Wildman–Crippen LogP) is 2.46. The fourth-order valence-electron chi connectivity index (χ4n) is 3.08. The van der Waals surface area contributed by atoms with Gasteiger partial charge in [0.15, 0.2) is 0 Å². The van der Waals surface area contributed by atoms with E-state index in [0.717, 1.165) is 12.0 Å². The second-order valence-electron chi connectivity index (χ2n) is 8.80. The number of hydrogen-bond acceptors (Lipinski definition) is 6. The first kappa shape index (κ1) is 27.8. The molecule has 0 fully saturated rings. The summed E-state index contributed by atoms with van der Waals surface area (Å²) in [6, 6.07) is 5.25. The second-order valence-corrected chi connectivity index (χ2v) is 9.16. The highest BCUT2D eigenvalue weighted by Gasteiger charge is 2.35. The highest BCUT2D eigenvalue weighted by atomic mass is 32.1. The molecule has 1 aromatic rings. The Labute approximate surface area is 196 Å². The maximum absolute atomic E-state index is 13.4. The van der Waals surface area contributed by atoms with E-state index in [-0.39, 0.29) is 30.9 Å². The summed E-state index contributed by atoms with van der Waals surface area (Å²) < 4.78 is 5.25. The number of amides is 3. The lowest BCUT2D eigenvalue weighted by Crippen LogP contribution is -2.54. The summed E-state index contributed by atoms with van der Waals surface area (Å²) >= 11 is 4.21. The molecule has 3 amide bonds. The Morgan fingerprint density at radius 3 is 2.16 bits per heavy atom. The van der Waals surface area contributed by atoms with Crippen LogP contribution >= 0.6 is 12.6 Å². The molecule has 8 nitrogen and oxygen atoms in total. The zero-order valence-electron chi connectivity index (χ0n) is 19.8. The van der Waals surface area contributed by atoms with Crippen LogP contribution in [-0.2, 0) is 20.7 Å². The first-order valence-electron chi connectivity index (χ1n) is 10.8. The molecule has 0 saturated carbocycles. The van der Waals surface area contributed by atoms with Gasteiger partial charge in [-0.1, -0.05) is 31.2 Å². The van der Waals surface area contributed by atoms with E-state index in [0.29, 0.717) is 5.56 Å². The van der Waals surface area contributed by atoms with Crippen LogP contribution in [0.4, 0.5) is 4.79 Å². The lowest BCUT2D eigenvalue weighted by molar-refractivity contribution is -0.142. The highest BCUT2D eigenvalue weighted by molar-refractivity contribution is 7.80. The van der Waals surface area contributed by atoms with Gasteiger partial charge < -0.3 is 25.4 Å². The van der Waals surface area contributed by atoms with E-state index in [9.17, 15) is 19.5 Å². The Hall–Kier alpha value is -2.26. The minimum Gasteiger partial charge on any atom is -0.444 e. The molecule has 0 saturated heterocycles. The third kappa shape index (κ3) is 8.70. The largest absolute Gasteiger partial charge is 0.444 e. The van der Waals surface area contributed by atoms with Gasteiger partial charge >= 0.3 is 6.09 Å². The number of aryl methyl sites for hydroxylation is 1. The quantitative estimate of drug-likeness (QED) is 0.396. The van der Waals surface area contributed by atoms with E-state index in [1.807, 2.05) is 32.9 Å². The predicted molar refractivity (Wildman–Crippen MR) is 128 cm³/mol. The van der Waals surface area contributed by atoms with Crippen molar-refractivity contribution in [1.29, 1.82) is 0 Å². The Bertz CT molecular complexity index is 762. The van der Waals surface area contributed by atoms with Gasteiger partial charge in [-0.15, -0.1) is 0 Å². The Balaban J connectivity index is 3.30. The molecule has 9 heteroatoms. The first-order valence-corrected chi connectivity index (χ1v) is 11.5. The van der Waals surface area contributed by atoms with Crippen LogP contribution in [0.5, 0.6) is 0 Å². The van der Waals surface area contributed by atoms with E-state index in [1.54, 1.807) is 32.9 Å². The van der Waals surface area contributed by atoms with Crippen LogP contribution in [0.25, 0.3) is 0 Å². The van der Waals surface area contributed by atoms with Gasteiger partial charge in [0.1, 0.15) is 17.7 Å². The smallest absolute Gasteiger partial charge is 0.408 e. The van der Waals surface area contributed by atoms with Crippen molar-refractivity contribution in [3.63, 3.8) is 0 Å². The fraction of sp³-hybridized carbons (Fsp3) is 0.609. The number of benzene rings is 1. The number of aliphatic hydroxyl groups is 1. The summed E-state index contributed by atoms with van der Waals surface area (Å²) in [4.78, 5) is 40.1. The maximum Gasteiger partial charge on any atom is 0.408 e. The van der Waals surface area contributed by atoms with E-state index >= 15 is 0 Å². The van der Waals surface area contributed by atoms with Crippen LogP contribution in [0.1, 0.15) is 58.7 Å². The van der Waals surface area contributed by atoms with Crippen LogP contribution in [0.3, 0.4) is 0 Å². The van der Waals surface area contributed by atoms with Crippen LogP contribution in [0, 0.1) is 0 Å². The van der Waals surface area contributed by atoms with Gasteiger partial charge in [-0.05, 0) is 52.2 Å². The molecule has 3 N–H and O–H groups in total. The third-order valence-electron chi connectivity index (χ3n) is 4.49. The number of nitrogens with zero attached hydrogens (tertiary/aromatic N) is 1. The topological polar surface area (TPSA) is 108 Å². The summed E-state index contributed by atoms with van der Waals surface area (Å²) in [7, 11) is 0. The Morgan fingerprint density at radius 2 is 1.72 bits per heavy atom. The van der Waals surface area contributed by atoms with Crippen LogP contribution in [-0.4, -0.2) is 64.5 Å². The molecule has 0 aliphatic heterocycles. The monoisotopic (exact) mass is 467 g/mol. The van der Waals surface area contributed by atoms with Crippen molar-refractivity contribution in [2.24, 2.45) is 0 Å². The van der Waals surface area contributed by atoms with Crippen molar-refractivity contribution >= 4 is 30.5 Å². The third-order valence-corrected chi connectivity index (χ3v) is 4.86. The van der Waals surface area contributed by atoms with E-state index in [1.165, 1.54) is 4.90 Å². The minimum absolute atomic E-state index is 0.00665. The number of nitrogens with one attached hydrogen (secondary N) is 2. The van der Waals surface area contributed by atoms with Crippen LogP contribution < -0.4 is 10.6 Å². The van der Waals surface area contributed by atoms with Gasteiger partial charge in [-0.25, -0.2) is 4.79 Å². The molecule has 1 rings (SSSR count). The van der Waals surface area contributed by atoms with Gasteiger partial charge in [-0.3, -0.25) is 9.59 Å². The molecule has 1 aromatic carbocycles. The summed E-state index contributed by atoms with van der Waals surface area (Å²) in [6.07, 6.45) is 0.0774. The molecule has 180 valence electrons. The van der Waals surface area contributed by atoms with Crippen molar-refractivity contribution in [3.05, 3.63) is 35.4 Å². The van der Waals surface area contributed by atoms with Gasteiger partial charge in [-0.2, -0.15) is 12.6 Å². The molecule has 32 heavy (non-hydrogen) atoms. The fourth-order valence-corrected chi connectivity index (χ4v) is 3.33. The molecule has 0 aliphatic rings. The maximum atomic E-state index is 13.4. The Morgan fingerprint density at radius 1 is 1.12 bits per heavy atom. The van der Waals surface area contributed by atoms with Crippen molar-refractivity contribution in [1.82, 2.24) is 15.5 Å². The molecule has 0 aromatic heterocycles. The minimum atomic E-state index is -1.04. The zero-order valence-corrected chi connectivity index (χ0v) is 20.7. The van der Waals surface area contributed by atoms with Gasteiger partial charge in [0.2, 0.25) is 11.8 Å². The number of rotatable bonds is 10. The van der Waals surface area contributed by atoms with Gasteiger partial charge in [0.05, 0.1) is 6.61 Å². The average molecular weight is 468 g/mol. The average Bonchev–Trinajstić information content (AvgIpc) is 2.69. The van der Waals surface area contributed by atoms with Crippen molar-refractivity contribution in [2.75, 3.05) is 18.9 Å².